The highest BCUT2D eigenvalue weighted by Gasteiger charge is 2.13. The summed E-state index contributed by atoms with van der Waals surface area (Å²) >= 11 is 9.23. The Morgan fingerprint density at radius 2 is 1.41 bits per heavy atom. The van der Waals surface area contributed by atoms with Gasteiger partial charge in [0, 0.05) is 26.9 Å². The fourth-order valence-corrected chi connectivity index (χ4v) is 4.55. The number of halogens is 1. The number of benzene rings is 2. The molecule has 7 heteroatoms. The van der Waals surface area contributed by atoms with Gasteiger partial charge in [-0.25, -0.2) is 9.97 Å². The average Bonchev–Trinajstić information content (AvgIpc) is 3.37. The fourth-order valence-electron chi connectivity index (χ4n) is 2.65. The van der Waals surface area contributed by atoms with Gasteiger partial charge in [0.15, 0.2) is 21.5 Å². The van der Waals surface area contributed by atoms with Gasteiger partial charge in [0.1, 0.15) is 0 Å². The normalized spacial score (nSPS) is 10.8. The Morgan fingerprint density at radius 3 is 2.00 bits per heavy atom. The third-order valence-corrected chi connectivity index (χ3v) is 6.05. The summed E-state index contributed by atoms with van der Waals surface area (Å²) in [4.78, 5) is 9.47. The minimum Gasteiger partial charge on any atom is -0.493 e. The SMILES string of the molecule is COc1ccc(-c2csc(-c3nc(-c4cccc(Cl)c4)cs3)n2)cc1OC. The first-order valence-corrected chi connectivity index (χ1v) is 10.2. The van der Waals surface area contributed by atoms with Gasteiger partial charge in [0.25, 0.3) is 0 Å². The number of methoxy groups -OCH3 is 2. The summed E-state index contributed by atoms with van der Waals surface area (Å²) in [5, 5.41) is 6.53. The molecule has 2 aromatic carbocycles. The van der Waals surface area contributed by atoms with Crippen molar-refractivity contribution in [3.8, 4) is 44.0 Å². The Bertz CT molecular complexity index is 1090. The average molecular weight is 415 g/mol. The van der Waals surface area contributed by atoms with Crippen LogP contribution in [0.3, 0.4) is 0 Å². The van der Waals surface area contributed by atoms with Crippen LogP contribution in [0.5, 0.6) is 11.5 Å². The van der Waals surface area contributed by atoms with E-state index in [0.29, 0.717) is 16.5 Å². The van der Waals surface area contributed by atoms with E-state index in [-0.39, 0.29) is 0 Å². The van der Waals surface area contributed by atoms with Crippen molar-refractivity contribution in [1.82, 2.24) is 9.97 Å². The summed E-state index contributed by atoms with van der Waals surface area (Å²) in [6.45, 7) is 0. The zero-order valence-electron chi connectivity index (χ0n) is 14.6. The van der Waals surface area contributed by atoms with E-state index < -0.39 is 0 Å². The predicted octanol–water partition coefficient (Wildman–Crippen LogP) is 6.27. The second-order valence-electron chi connectivity index (χ2n) is 5.66. The summed E-state index contributed by atoms with van der Waals surface area (Å²) < 4.78 is 10.7. The van der Waals surface area contributed by atoms with Crippen LogP contribution in [0.4, 0.5) is 0 Å². The maximum absolute atomic E-state index is 6.08. The maximum atomic E-state index is 6.08. The number of ether oxygens (including phenoxy) is 2. The van der Waals surface area contributed by atoms with Crippen molar-refractivity contribution in [1.29, 1.82) is 0 Å². The van der Waals surface area contributed by atoms with Gasteiger partial charge in [-0.1, -0.05) is 23.7 Å². The lowest BCUT2D eigenvalue weighted by molar-refractivity contribution is 0.355. The summed E-state index contributed by atoms with van der Waals surface area (Å²) in [5.41, 5.74) is 3.76. The standard InChI is InChI=1S/C20H15ClN2O2S2/c1-24-17-7-6-13(9-18(17)25-2)16-11-27-20(23-16)19-22-15(10-26-19)12-4-3-5-14(21)8-12/h3-11H,1-2H3. The van der Waals surface area contributed by atoms with E-state index in [0.717, 1.165) is 32.5 Å². The minimum atomic E-state index is 0.682. The molecule has 0 amide bonds. The first-order chi connectivity index (χ1) is 13.2. The van der Waals surface area contributed by atoms with Crippen molar-refractivity contribution in [2.45, 2.75) is 0 Å². The van der Waals surface area contributed by atoms with E-state index in [1.165, 1.54) is 0 Å². The molecule has 2 aromatic heterocycles. The molecule has 0 bridgehead atoms. The highest BCUT2D eigenvalue weighted by atomic mass is 35.5. The van der Waals surface area contributed by atoms with Gasteiger partial charge in [-0.2, -0.15) is 0 Å². The lowest BCUT2D eigenvalue weighted by Gasteiger charge is -2.08. The molecule has 0 atom stereocenters. The molecule has 0 fully saturated rings. The van der Waals surface area contributed by atoms with Crippen molar-refractivity contribution in [2.24, 2.45) is 0 Å². The zero-order chi connectivity index (χ0) is 18.8. The van der Waals surface area contributed by atoms with Crippen molar-refractivity contribution in [3.05, 3.63) is 58.2 Å². The molecule has 4 aromatic rings. The number of rotatable bonds is 5. The van der Waals surface area contributed by atoms with E-state index in [1.807, 2.05) is 53.2 Å². The van der Waals surface area contributed by atoms with Crippen LogP contribution in [0.1, 0.15) is 0 Å². The lowest BCUT2D eigenvalue weighted by atomic mass is 10.1. The maximum Gasteiger partial charge on any atom is 0.161 e. The summed E-state index contributed by atoms with van der Waals surface area (Å²) in [6, 6.07) is 13.5. The Morgan fingerprint density at radius 1 is 0.778 bits per heavy atom. The minimum absolute atomic E-state index is 0.682. The van der Waals surface area contributed by atoms with Gasteiger partial charge < -0.3 is 9.47 Å². The molecule has 4 rings (SSSR count). The van der Waals surface area contributed by atoms with Crippen molar-refractivity contribution >= 4 is 34.3 Å². The van der Waals surface area contributed by atoms with Gasteiger partial charge in [0.2, 0.25) is 0 Å². The van der Waals surface area contributed by atoms with E-state index in [9.17, 15) is 0 Å². The first-order valence-electron chi connectivity index (χ1n) is 8.07. The molecule has 0 aliphatic rings. The van der Waals surface area contributed by atoms with E-state index >= 15 is 0 Å². The van der Waals surface area contributed by atoms with Crippen molar-refractivity contribution in [3.63, 3.8) is 0 Å². The molecule has 136 valence electrons. The molecule has 0 aliphatic heterocycles. The largest absolute Gasteiger partial charge is 0.493 e. The molecule has 0 radical (unpaired) electrons. The van der Waals surface area contributed by atoms with Crippen LogP contribution in [-0.2, 0) is 0 Å². The molecule has 0 saturated carbocycles. The van der Waals surface area contributed by atoms with Gasteiger partial charge >= 0.3 is 0 Å². The highest BCUT2D eigenvalue weighted by Crippen LogP contribution is 2.36. The number of aromatic nitrogens is 2. The topological polar surface area (TPSA) is 44.2 Å². The molecule has 0 N–H and O–H groups in total. The van der Waals surface area contributed by atoms with Crippen LogP contribution in [0.25, 0.3) is 32.5 Å². The second-order valence-corrected chi connectivity index (χ2v) is 7.81. The Kier molecular flexibility index (Phi) is 5.11. The van der Waals surface area contributed by atoms with E-state index in [1.54, 1.807) is 36.9 Å². The van der Waals surface area contributed by atoms with Gasteiger partial charge in [0.05, 0.1) is 25.6 Å². The monoisotopic (exact) mass is 414 g/mol. The molecular weight excluding hydrogens is 400 g/mol. The number of thiazole rings is 2. The molecule has 0 saturated heterocycles. The molecule has 0 aliphatic carbocycles. The number of nitrogens with zero attached hydrogens (tertiary/aromatic N) is 2. The van der Waals surface area contributed by atoms with Crippen molar-refractivity contribution < 1.29 is 9.47 Å². The zero-order valence-corrected chi connectivity index (χ0v) is 17.0. The lowest BCUT2D eigenvalue weighted by Crippen LogP contribution is -1.90. The molecule has 27 heavy (non-hydrogen) atoms. The fraction of sp³-hybridized carbons (Fsp3) is 0.100. The van der Waals surface area contributed by atoms with E-state index in [2.05, 4.69) is 0 Å². The van der Waals surface area contributed by atoms with Crippen LogP contribution in [0.15, 0.2) is 53.2 Å². The van der Waals surface area contributed by atoms with E-state index in [4.69, 9.17) is 31.0 Å². The van der Waals surface area contributed by atoms with Gasteiger partial charge in [-0.05, 0) is 30.3 Å². The Balaban J connectivity index is 1.64. The Hall–Kier alpha value is -2.41. The van der Waals surface area contributed by atoms with Crippen LogP contribution in [0, 0.1) is 0 Å². The summed E-state index contributed by atoms with van der Waals surface area (Å²) in [5.74, 6) is 1.38. The Labute approximate surface area is 170 Å². The quantitative estimate of drug-likeness (QED) is 0.386. The van der Waals surface area contributed by atoms with Crippen LogP contribution < -0.4 is 9.47 Å². The third kappa shape index (κ3) is 3.69. The second kappa shape index (κ2) is 7.68. The number of hydrogen-bond donors (Lipinski definition) is 0. The highest BCUT2D eigenvalue weighted by molar-refractivity contribution is 7.20. The predicted molar refractivity (Wildman–Crippen MR) is 112 cm³/mol. The third-order valence-electron chi connectivity index (χ3n) is 3.99. The first kappa shape index (κ1) is 18.0. The molecule has 4 nitrogen and oxygen atoms in total. The smallest absolute Gasteiger partial charge is 0.161 e. The van der Waals surface area contributed by atoms with Gasteiger partial charge in [-0.3, -0.25) is 0 Å². The van der Waals surface area contributed by atoms with Gasteiger partial charge in [-0.15, -0.1) is 22.7 Å². The molecule has 0 spiro atoms. The summed E-state index contributed by atoms with van der Waals surface area (Å²) in [6.07, 6.45) is 0. The van der Waals surface area contributed by atoms with Crippen molar-refractivity contribution in [2.75, 3.05) is 14.2 Å². The van der Waals surface area contributed by atoms with Crippen LogP contribution in [0.2, 0.25) is 5.02 Å². The number of hydrogen-bond acceptors (Lipinski definition) is 6. The summed E-state index contributed by atoms with van der Waals surface area (Å²) in [7, 11) is 3.25. The van der Waals surface area contributed by atoms with Crippen LogP contribution in [-0.4, -0.2) is 24.2 Å². The van der Waals surface area contributed by atoms with Crippen LogP contribution >= 0.6 is 34.3 Å². The molecular formula is C20H15ClN2O2S2. The molecule has 2 heterocycles. The molecule has 0 unspecified atom stereocenters.